The molecule has 0 aromatic rings. The van der Waals surface area contributed by atoms with E-state index in [9.17, 15) is 4.39 Å². The van der Waals surface area contributed by atoms with Crippen LogP contribution in [0.4, 0.5) is 4.39 Å². The van der Waals surface area contributed by atoms with Gasteiger partial charge >= 0.3 is 0 Å². The van der Waals surface area contributed by atoms with Gasteiger partial charge in [0.2, 0.25) is 0 Å². The van der Waals surface area contributed by atoms with Crippen molar-refractivity contribution in [3.8, 4) is 0 Å². The maximum absolute atomic E-state index is 13.7. The van der Waals surface area contributed by atoms with Gasteiger partial charge in [-0.15, -0.1) is 0 Å². The van der Waals surface area contributed by atoms with Gasteiger partial charge in [-0.25, -0.2) is 4.39 Å². The fraction of sp³-hybridized carbons (Fsp3) is 1.00. The third-order valence-electron chi connectivity index (χ3n) is 2.41. The van der Waals surface area contributed by atoms with Gasteiger partial charge in [0, 0.05) is 6.61 Å². The number of aliphatic hydroxyl groups excluding tert-OH is 1. The van der Waals surface area contributed by atoms with Crippen LogP contribution in [0.15, 0.2) is 0 Å². The lowest BCUT2D eigenvalue weighted by Gasteiger charge is -2.37. The first kappa shape index (κ1) is 11.9. The molecule has 0 aromatic carbocycles. The summed E-state index contributed by atoms with van der Waals surface area (Å²) in [5, 5.41) is 9.01. The summed E-state index contributed by atoms with van der Waals surface area (Å²) < 4.78 is 24.4. The third kappa shape index (κ3) is 2.68. The minimum absolute atomic E-state index is 0.0544. The average Bonchev–Trinajstić information content (AvgIpc) is 2.13. The van der Waals surface area contributed by atoms with Crippen LogP contribution in [-0.4, -0.2) is 50.7 Å². The molecule has 1 heterocycles. The highest BCUT2D eigenvalue weighted by atomic mass is 19.1. The summed E-state index contributed by atoms with van der Waals surface area (Å²) >= 11 is 0. The van der Waals surface area contributed by atoms with E-state index in [1.807, 2.05) is 13.8 Å². The molecule has 1 fully saturated rings. The summed E-state index contributed by atoms with van der Waals surface area (Å²) in [7, 11) is 1.79. The molecule has 1 aliphatic rings. The average molecular weight is 204 g/mol. The number of alkyl halides is 1. The van der Waals surface area contributed by atoms with E-state index in [0.29, 0.717) is 6.61 Å². The highest BCUT2D eigenvalue weighted by Crippen LogP contribution is 2.28. The SMILES string of the molecule is BC1COC(CO)[C@@H](OC(C)C)[C@H]1F. The van der Waals surface area contributed by atoms with Gasteiger partial charge in [-0.2, -0.15) is 0 Å². The van der Waals surface area contributed by atoms with E-state index in [1.54, 1.807) is 7.85 Å². The molecule has 0 aliphatic carbocycles. The Bertz CT molecular complexity index is 177. The van der Waals surface area contributed by atoms with Crippen molar-refractivity contribution >= 4 is 7.85 Å². The first-order chi connectivity index (χ1) is 6.56. The third-order valence-corrected chi connectivity index (χ3v) is 2.41. The lowest BCUT2D eigenvalue weighted by molar-refractivity contribution is -0.165. The van der Waals surface area contributed by atoms with Gasteiger partial charge in [0.05, 0.1) is 12.7 Å². The van der Waals surface area contributed by atoms with Crippen molar-refractivity contribution in [2.45, 2.75) is 44.1 Å². The van der Waals surface area contributed by atoms with Gasteiger partial charge in [-0.05, 0) is 19.7 Å². The quantitative estimate of drug-likeness (QED) is 0.654. The zero-order valence-electron chi connectivity index (χ0n) is 8.94. The Morgan fingerprint density at radius 3 is 2.79 bits per heavy atom. The minimum Gasteiger partial charge on any atom is -0.394 e. The number of aliphatic hydroxyl groups is 1. The second kappa shape index (κ2) is 5.10. The Morgan fingerprint density at radius 2 is 2.29 bits per heavy atom. The maximum atomic E-state index is 13.7. The van der Waals surface area contributed by atoms with Gasteiger partial charge in [0.15, 0.2) is 0 Å². The molecule has 0 radical (unpaired) electrons. The zero-order valence-corrected chi connectivity index (χ0v) is 8.94. The molecule has 4 atom stereocenters. The molecule has 0 saturated carbocycles. The lowest BCUT2D eigenvalue weighted by atomic mass is 9.79. The Kier molecular flexibility index (Phi) is 4.35. The maximum Gasteiger partial charge on any atom is 0.127 e. The van der Waals surface area contributed by atoms with Crippen LogP contribution in [0.3, 0.4) is 0 Å². The molecule has 5 heteroatoms. The van der Waals surface area contributed by atoms with Crippen LogP contribution in [0.5, 0.6) is 0 Å². The Balaban J connectivity index is 2.61. The van der Waals surface area contributed by atoms with Gasteiger partial charge in [-0.1, -0.05) is 0 Å². The van der Waals surface area contributed by atoms with Crippen LogP contribution in [0.1, 0.15) is 13.8 Å². The molecule has 1 rings (SSSR count). The molecular formula is C9H18BFO3. The van der Waals surface area contributed by atoms with E-state index in [0.717, 1.165) is 0 Å². The molecule has 1 saturated heterocycles. The summed E-state index contributed by atoms with van der Waals surface area (Å²) in [4.78, 5) is 0. The number of hydrogen-bond acceptors (Lipinski definition) is 3. The predicted molar refractivity (Wildman–Crippen MR) is 54.0 cm³/mol. The summed E-state index contributed by atoms with van der Waals surface area (Å²) in [5.74, 6) is -0.165. The summed E-state index contributed by atoms with van der Waals surface area (Å²) in [6.07, 6.45) is -2.27. The number of halogens is 1. The van der Waals surface area contributed by atoms with Crippen molar-refractivity contribution in [2.24, 2.45) is 0 Å². The van der Waals surface area contributed by atoms with Crippen molar-refractivity contribution in [3.05, 3.63) is 0 Å². The van der Waals surface area contributed by atoms with Crippen molar-refractivity contribution in [2.75, 3.05) is 13.2 Å². The van der Waals surface area contributed by atoms with E-state index in [1.165, 1.54) is 0 Å². The molecule has 0 bridgehead atoms. The Hall–Kier alpha value is -0.125. The van der Waals surface area contributed by atoms with Crippen molar-refractivity contribution < 1.29 is 19.0 Å². The van der Waals surface area contributed by atoms with Crippen molar-refractivity contribution in [3.63, 3.8) is 0 Å². The molecule has 14 heavy (non-hydrogen) atoms. The van der Waals surface area contributed by atoms with Gasteiger partial charge in [0.1, 0.15) is 26.2 Å². The first-order valence-electron chi connectivity index (χ1n) is 5.08. The van der Waals surface area contributed by atoms with Crippen LogP contribution in [-0.2, 0) is 9.47 Å². The van der Waals surface area contributed by atoms with Crippen LogP contribution in [0, 0.1) is 0 Å². The molecule has 3 nitrogen and oxygen atoms in total. The monoisotopic (exact) mass is 204 g/mol. The molecular weight excluding hydrogens is 186 g/mol. The minimum atomic E-state index is -1.05. The van der Waals surface area contributed by atoms with Gasteiger partial charge in [-0.3, -0.25) is 0 Å². The topological polar surface area (TPSA) is 38.7 Å². The molecule has 0 aromatic heterocycles. The first-order valence-corrected chi connectivity index (χ1v) is 5.08. The smallest absolute Gasteiger partial charge is 0.127 e. The summed E-state index contributed by atoms with van der Waals surface area (Å²) in [6.45, 7) is 3.86. The van der Waals surface area contributed by atoms with Crippen molar-refractivity contribution in [1.29, 1.82) is 0 Å². The molecule has 1 aliphatic heterocycles. The van der Waals surface area contributed by atoms with E-state index in [4.69, 9.17) is 14.6 Å². The van der Waals surface area contributed by atoms with E-state index >= 15 is 0 Å². The molecule has 0 amide bonds. The second-order valence-electron chi connectivity index (χ2n) is 4.13. The van der Waals surface area contributed by atoms with Crippen LogP contribution in [0.2, 0.25) is 5.82 Å². The number of hydrogen-bond donors (Lipinski definition) is 1. The van der Waals surface area contributed by atoms with Crippen molar-refractivity contribution in [1.82, 2.24) is 0 Å². The van der Waals surface area contributed by atoms with Crippen LogP contribution >= 0.6 is 0 Å². The predicted octanol–water partition coefficient (Wildman–Crippen LogP) is -0.0692. The fourth-order valence-corrected chi connectivity index (χ4v) is 1.62. The van der Waals surface area contributed by atoms with E-state index in [2.05, 4.69) is 0 Å². The van der Waals surface area contributed by atoms with E-state index < -0.39 is 18.4 Å². The molecule has 2 unspecified atom stereocenters. The Morgan fingerprint density at radius 1 is 1.64 bits per heavy atom. The van der Waals surface area contributed by atoms with Gasteiger partial charge < -0.3 is 14.6 Å². The zero-order chi connectivity index (χ0) is 10.7. The molecule has 82 valence electrons. The van der Waals surface area contributed by atoms with E-state index in [-0.39, 0.29) is 18.5 Å². The van der Waals surface area contributed by atoms with Gasteiger partial charge in [0.25, 0.3) is 0 Å². The highest BCUT2D eigenvalue weighted by Gasteiger charge is 2.39. The largest absolute Gasteiger partial charge is 0.394 e. The second-order valence-corrected chi connectivity index (χ2v) is 4.13. The normalized spacial score (nSPS) is 38.9. The number of ether oxygens (including phenoxy) is 2. The van der Waals surface area contributed by atoms with Crippen LogP contribution < -0.4 is 0 Å². The number of rotatable bonds is 3. The lowest BCUT2D eigenvalue weighted by Crippen LogP contribution is -2.49. The summed E-state index contributed by atoms with van der Waals surface area (Å²) in [6, 6.07) is 0. The van der Waals surface area contributed by atoms with Crippen LogP contribution in [0.25, 0.3) is 0 Å². The standard InChI is InChI=1S/C9H18BFO3/c1-5(2)14-9-7(3-12)13-4-6(10)8(9)11/h5-9,12H,3-4,10H2,1-2H3/t6?,7?,8-,9+/m0/s1. The summed E-state index contributed by atoms with van der Waals surface area (Å²) in [5.41, 5.74) is 0. The Labute approximate surface area is 85.0 Å². The molecule has 0 spiro atoms. The fourth-order valence-electron chi connectivity index (χ4n) is 1.62. The molecule has 1 N–H and O–H groups in total. The highest BCUT2D eigenvalue weighted by molar-refractivity contribution is 6.12.